The summed E-state index contributed by atoms with van der Waals surface area (Å²) in [5.74, 6) is 0.152. The van der Waals surface area contributed by atoms with Crippen molar-refractivity contribution in [2.24, 2.45) is 0 Å². The molecule has 0 aliphatic carbocycles. The van der Waals surface area contributed by atoms with Crippen LogP contribution in [-0.4, -0.2) is 43.9 Å². The molecule has 2 rings (SSSR count). The Morgan fingerprint density at radius 1 is 1.10 bits per heavy atom. The van der Waals surface area contributed by atoms with Gasteiger partial charge in [0.25, 0.3) is 11.8 Å². The third-order valence-corrected chi connectivity index (χ3v) is 5.03. The van der Waals surface area contributed by atoms with Crippen LogP contribution in [0.25, 0.3) is 0 Å². The molecule has 8 nitrogen and oxygen atoms in total. The smallest absolute Gasteiger partial charge is 0.276 e. The van der Waals surface area contributed by atoms with Gasteiger partial charge in [-0.05, 0) is 77.0 Å². The van der Waals surface area contributed by atoms with E-state index in [0.29, 0.717) is 39.8 Å². The molecule has 3 N–H and O–H groups in total. The molecule has 166 valence electrons. The molecule has 2 amide bonds. The maximum Gasteiger partial charge on any atom is 0.276 e. The van der Waals surface area contributed by atoms with Gasteiger partial charge in [0.15, 0.2) is 11.7 Å². The fraction of sp³-hybridized carbons (Fsp3) is 0.250. The zero-order valence-corrected chi connectivity index (χ0v) is 19.9. The number of halogens is 2. The van der Waals surface area contributed by atoms with E-state index in [1.54, 1.807) is 43.5 Å². The van der Waals surface area contributed by atoms with E-state index >= 15 is 0 Å². The van der Waals surface area contributed by atoms with Gasteiger partial charge in [0.1, 0.15) is 18.1 Å². The monoisotopic (exact) mass is 529 g/mol. The average molecular weight is 531 g/mol. The van der Waals surface area contributed by atoms with Crippen molar-refractivity contribution >= 4 is 56.7 Å². The number of amides is 2. The molecule has 0 unspecified atom stereocenters. The van der Waals surface area contributed by atoms with Gasteiger partial charge < -0.3 is 14.2 Å². The number of hydrazine groups is 1. The van der Waals surface area contributed by atoms with Crippen molar-refractivity contribution in [1.82, 2.24) is 16.2 Å². The molecule has 0 spiro atoms. The molecular weight excluding hydrogens is 510 g/mol. The second-order valence-corrected chi connectivity index (χ2v) is 7.81. The van der Waals surface area contributed by atoms with Gasteiger partial charge in [0.05, 0.1) is 11.1 Å². The topological polar surface area (TPSA) is 97.9 Å². The molecule has 0 fully saturated rings. The average Bonchev–Trinajstić information content (AvgIpc) is 2.74. The van der Waals surface area contributed by atoms with Gasteiger partial charge in [-0.2, -0.15) is 0 Å². The predicted molar refractivity (Wildman–Crippen MR) is 125 cm³/mol. The summed E-state index contributed by atoms with van der Waals surface area (Å²) < 4.78 is 16.4. The largest absolute Gasteiger partial charge is 0.490 e. The molecule has 0 atom stereocenters. The highest BCUT2D eigenvalue weighted by Gasteiger charge is 2.12. The minimum absolute atomic E-state index is 0.0720. The summed E-state index contributed by atoms with van der Waals surface area (Å²) in [5.41, 5.74) is 5.98. The number of ether oxygens (including phenoxy) is 3. The number of carbonyl (C=O) groups excluding carboxylic acids is 2. The molecule has 0 aliphatic heterocycles. The first kappa shape index (κ1) is 24.9. The Morgan fingerprint density at radius 3 is 2.55 bits per heavy atom. The maximum atomic E-state index is 12.3. The highest BCUT2D eigenvalue weighted by Crippen LogP contribution is 2.26. The lowest BCUT2D eigenvalue weighted by atomic mass is 10.2. The van der Waals surface area contributed by atoms with Crippen molar-refractivity contribution < 1.29 is 23.8 Å². The number of nitrogens with one attached hydrogen (secondary N) is 3. The van der Waals surface area contributed by atoms with Gasteiger partial charge in [0, 0.05) is 17.7 Å². The second kappa shape index (κ2) is 12.5. The zero-order valence-electron chi connectivity index (χ0n) is 16.8. The second-order valence-electron chi connectivity index (χ2n) is 6.14. The lowest BCUT2D eigenvalue weighted by Gasteiger charge is -2.12. The van der Waals surface area contributed by atoms with Crippen LogP contribution in [0, 0.1) is 6.92 Å². The van der Waals surface area contributed by atoms with Crippen molar-refractivity contribution in [3.05, 3.63) is 57.0 Å². The number of rotatable bonds is 8. The number of hydrogen-bond acceptors (Lipinski definition) is 6. The van der Waals surface area contributed by atoms with Crippen LogP contribution in [0.5, 0.6) is 11.5 Å². The molecule has 0 aliphatic rings. The molecule has 0 saturated carbocycles. The molecule has 2 aromatic rings. The van der Waals surface area contributed by atoms with Crippen LogP contribution in [0.2, 0.25) is 5.02 Å². The third-order valence-electron chi connectivity index (χ3n) is 3.78. The SMILES string of the molecule is COCCOc1ccc(C(=O)NC(=S)NNC(=O)COc2ccc(Cl)c(C)c2)cc1Br. The van der Waals surface area contributed by atoms with Crippen molar-refractivity contribution in [3.63, 3.8) is 0 Å². The predicted octanol–water partition coefficient (Wildman–Crippen LogP) is 3.15. The molecule has 2 aromatic carbocycles. The normalized spacial score (nSPS) is 10.2. The van der Waals surface area contributed by atoms with E-state index in [0.717, 1.165) is 5.56 Å². The van der Waals surface area contributed by atoms with Gasteiger partial charge >= 0.3 is 0 Å². The van der Waals surface area contributed by atoms with Crippen molar-refractivity contribution in [2.75, 3.05) is 26.9 Å². The van der Waals surface area contributed by atoms with Crippen LogP contribution in [0.1, 0.15) is 15.9 Å². The molecule has 31 heavy (non-hydrogen) atoms. The molecule has 11 heteroatoms. The fourth-order valence-electron chi connectivity index (χ4n) is 2.22. The van der Waals surface area contributed by atoms with Crippen molar-refractivity contribution in [3.8, 4) is 11.5 Å². The molecule has 0 aromatic heterocycles. The van der Waals surface area contributed by atoms with E-state index in [9.17, 15) is 9.59 Å². The summed E-state index contributed by atoms with van der Waals surface area (Å²) in [6.07, 6.45) is 0. The van der Waals surface area contributed by atoms with Crippen LogP contribution >= 0.6 is 39.7 Å². The Hall–Kier alpha value is -2.40. The summed E-state index contributed by atoms with van der Waals surface area (Å²) in [7, 11) is 1.58. The van der Waals surface area contributed by atoms with E-state index in [1.807, 2.05) is 6.92 Å². The maximum absolute atomic E-state index is 12.3. The Bertz CT molecular complexity index is 960. The summed E-state index contributed by atoms with van der Waals surface area (Å²) >= 11 is 14.3. The first-order chi connectivity index (χ1) is 14.8. The van der Waals surface area contributed by atoms with Crippen LogP contribution in [0.3, 0.4) is 0 Å². The number of aryl methyl sites for hydroxylation is 1. The standard InChI is InChI=1S/C20H21BrClN3O5S/c1-12-9-14(4-5-16(12)22)30-11-18(26)24-25-20(31)23-19(27)13-3-6-17(15(21)10-13)29-8-7-28-2/h3-6,9-10H,7-8,11H2,1-2H3,(H,24,26)(H2,23,25,27,31). The van der Waals surface area contributed by atoms with Gasteiger partial charge in [-0.3, -0.25) is 25.8 Å². The van der Waals surface area contributed by atoms with Gasteiger partial charge in [-0.15, -0.1) is 0 Å². The first-order valence-electron chi connectivity index (χ1n) is 9.00. The Labute approximate surface area is 198 Å². The number of benzene rings is 2. The minimum Gasteiger partial charge on any atom is -0.490 e. The van der Waals surface area contributed by atoms with Crippen LogP contribution < -0.4 is 25.6 Å². The summed E-state index contributed by atoms with van der Waals surface area (Å²) in [4.78, 5) is 24.2. The number of thiocarbonyl (C=S) groups is 1. The Kier molecular flexibility index (Phi) is 9.99. The van der Waals surface area contributed by atoms with E-state index in [4.69, 9.17) is 38.0 Å². The van der Waals surface area contributed by atoms with E-state index in [1.165, 1.54) is 0 Å². The van der Waals surface area contributed by atoms with Gasteiger partial charge in [-0.1, -0.05) is 11.6 Å². The van der Waals surface area contributed by atoms with Crippen LogP contribution in [-0.2, 0) is 9.53 Å². The molecular formula is C20H21BrClN3O5S. The lowest BCUT2D eigenvalue weighted by Crippen LogP contribution is -2.49. The summed E-state index contributed by atoms with van der Waals surface area (Å²) in [6.45, 7) is 2.42. The number of carbonyl (C=O) groups is 2. The summed E-state index contributed by atoms with van der Waals surface area (Å²) in [6, 6.07) is 9.91. The van der Waals surface area contributed by atoms with E-state index in [-0.39, 0.29) is 11.7 Å². The van der Waals surface area contributed by atoms with E-state index in [2.05, 4.69) is 32.1 Å². The molecule has 0 heterocycles. The van der Waals surface area contributed by atoms with Crippen LogP contribution in [0.4, 0.5) is 0 Å². The lowest BCUT2D eigenvalue weighted by molar-refractivity contribution is -0.123. The number of methoxy groups -OCH3 is 1. The Balaban J connectivity index is 1.77. The minimum atomic E-state index is -0.482. The molecule has 0 saturated heterocycles. The van der Waals surface area contributed by atoms with Gasteiger partial charge in [0.2, 0.25) is 0 Å². The Morgan fingerprint density at radius 2 is 1.87 bits per heavy atom. The fourth-order valence-corrected chi connectivity index (χ4v) is 2.97. The molecule has 0 bridgehead atoms. The van der Waals surface area contributed by atoms with Gasteiger partial charge in [-0.25, -0.2) is 0 Å². The molecule has 0 radical (unpaired) electrons. The quantitative estimate of drug-likeness (QED) is 0.274. The highest BCUT2D eigenvalue weighted by molar-refractivity contribution is 9.10. The highest BCUT2D eigenvalue weighted by atomic mass is 79.9. The summed E-state index contributed by atoms with van der Waals surface area (Å²) in [5, 5.41) is 3.01. The third kappa shape index (κ3) is 8.33. The zero-order chi connectivity index (χ0) is 22.8. The van der Waals surface area contributed by atoms with Crippen molar-refractivity contribution in [1.29, 1.82) is 0 Å². The first-order valence-corrected chi connectivity index (χ1v) is 10.6. The van der Waals surface area contributed by atoms with Crippen molar-refractivity contribution in [2.45, 2.75) is 6.92 Å². The number of hydrogen-bond donors (Lipinski definition) is 3. The van der Waals surface area contributed by atoms with E-state index < -0.39 is 11.8 Å². The van der Waals surface area contributed by atoms with Crippen LogP contribution in [0.15, 0.2) is 40.9 Å².